The van der Waals surface area contributed by atoms with E-state index in [4.69, 9.17) is 10.5 Å². The second kappa shape index (κ2) is 6.76. The standard InChI is InChI=1S/C19H21N5O2/c1-2-12-11-21-18-14(12)9-13(10-15(18)19(20)25)16-3-4-17(23-22-16)24-5-7-26-8-6-24/h3-4,9-11,21H,2,5-8H2,1H3,(H2,20,25). The van der Waals surface area contributed by atoms with Crippen molar-refractivity contribution in [3.05, 3.63) is 41.6 Å². The van der Waals surface area contributed by atoms with E-state index in [2.05, 4.69) is 27.0 Å². The van der Waals surface area contributed by atoms with Gasteiger partial charge < -0.3 is 20.4 Å². The Morgan fingerprint density at radius 3 is 2.73 bits per heavy atom. The number of H-pyrrole nitrogens is 1. The number of carbonyl (C=O) groups excluding carboxylic acids is 1. The lowest BCUT2D eigenvalue weighted by atomic mass is 10.0. The van der Waals surface area contributed by atoms with Crippen LogP contribution in [0.4, 0.5) is 5.82 Å². The summed E-state index contributed by atoms with van der Waals surface area (Å²) in [7, 11) is 0. The second-order valence-corrected chi connectivity index (χ2v) is 6.35. The van der Waals surface area contributed by atoms with Crippen LogP contribution in [0.2, 0.25) is 0 Å². The lowest BCUT2D eigenvalue weighted by Gasteiger charge is -2.27. The van der Waals surface area contributed by atoms with Crippen LogP contribution in [-0.2, 0) is 11.2 Å². The molecule has 1 aliphatic rings. The normalized spacial score (nSPS) is 14.7. The maximum absolute atomic E-state index is 11.9. The third kappa shape index (κ3) is 2.90. The van der Waals surface area contributed by atoms with Crippen molar-refractivity contribution in [1.29, 1.82) is 0 Å². The fourth-order valence-corrected chi connectivity index (χ4v) is 3.36. The van der Waals surface area contributed by atoms with Crippen LogP contribution in [-0.4, -0.2) is 47.4 Å². The molecule has 1 amide bonds. The summed E-state index contributed by atoms with van der Waals surface area (Å²) < 4.78 is 5.37. The van der Waals surface area contributed by atoms with Crippen LogP contribution in [0.5, 0.6) is 0 Å². The molecule has 1 aliphatic heterocycles. The summed E-state index contributed by atoms with van der Waals surface area (Å²) in [4.78, 5) is 17.2. The first-order valence-electron chi connectivity index (χ1n) is 8.78. The minimum Gasteiger partial charge on any atom is -0.378 e. The van der Waals surface area contributed by atoms with Crippen LogP contribution in [0.3, 0.4) is 0 Å². The molecule has 0 saturated carbocycles. The number of hydrogen-bond donors (Lipinski definition) is 2. The van der Waals surface area contributed by atoms with Gasteiger partial charge in [0, 0.05) is 30.2 Å². The van der Waals surface area contributed by atoms with Gasteiger partial charge >= 0.3 is 0 Å². The van der Waals surface area contributed by atoms with Gasteiger partial charge in [-0.2, -0.15) is 0 Å². The van der Waals surface area contributed by atoms with Crippen LogP contribution in [0.15, 0.2) is 30.5 Å². The van der Waals surface area contributed by atoms with Crippen molar-refractivity contribution >= 4 is 22.6 Å². The molecule has 3 N–H and O–H groups in total. The lowest BCUT2D eigenvalue weighted by Crippen LogP contribution is -2.36. The number of aromatic amines is 1. The Bertz CT molecular complexity index is 942. The number of nitrogens with one attached hydrogen (secondary N) is 1. The third-order valence-electron chi connectivity index (χ3n) is 4.80. The average Bonchev–Trinajstić information content (AvgIpc) is 3.11. The number of amides is 1. The molecule has 3 heterocycles. The molecule has 0 atom stereocenters. The van der Waals surface area contributed by atoms with E-state index in [1.165, 1.54) is 0 Å². The van der Waals surface area contributed by atoms with Crippen molar-refractivity contribution in [3.63, 3.8) is 0 Å². The highest BCUT2D eigenvalue weighted by Crippen LogP contribution is 2.29. The van der Waals surface area contributed by atoms with Gasteiger partial charge in [-0.3, -0.25) is 4.79 Å². The molecule has 7 heteroatoms. The molecular weight excluding hydrogens is 330 g/mol. The van der Waals surface area contributed by atoms with Gasteiger partial charge in [0.1, 0.15) is 0 Å². The van der Waals surface area contributed by atoms with E-state index >= 15 is 0 Å². The predicted molar refractivity (Wildman–Crippen MR) is 100 cm³/mol. The lowest BCUT2D eigenvalue weighted by molar-refractivity contribution is 0.100. The summed E-state index contributed by atoms with van der Waals surface area (Å²) in [5.74, 6) is 0.378. The van der Waals surface area contributed by atoms with Crippen LogP contribution in [0.25, 0.3) is 22.2 Å². The summed E-state index contributed by atoms with van der Waals surface area (Å²) in [6.45, 7) is 5.12. The number of rotatable bonds is 4. The largest absolute Gasteiger partial charge is 0.378 e. The summed E-state index contributed by atoms with van der Waals surface area (Å²) in [5, 5.41) is 9.73. The number of anilines is 1. The molecule has 0 aliphatic carbocycles. The van der Waals surface area contributed by atoms with Gasteiger partial charge in [-0.15, -0.1) is 10.2 Å². The molecule has 0 radical (unpaired) electrons. The number of hydrogen-bond acceptors (Lipinski definition) is 5. The highest BCUT2D eigenvalue weighted by atomic mass is 16.5. The third-order valence-corrected chi connectivity index (χ3v) is 4.80. The average molecular weight is 351 g/mol. The number of nitrogens with zero attached hydrogens (tertiary/aromatic N) is 3. The minimum atomic E-state index is -0.459. The van der Waals surface area contributed by atoms with Crippen molar-refractivity contribution in [2.24, 2.45) is 5.73 Å². The van der Waals surface area contributed by atoms with Gasteiger partial charge in [-0.1, -0.05) is 6.92 Å². The number of aryl methyl sites for hydroxylation is 1. The number of nitrogens with two attached hydrogens (primary N) is 1. The number of aromatic nitrogens is 3. The smallest absolute Gasteiger partial charge is 0.250 e. The summed E-state index contributed by atoms with van der Waals surface area (Å²) in [6.07, 6.45) is 2.79. The number of primary amides is 1. The quantitative estimate of drug-likeness (QED) is 0.750. The highest BCUT2D eigenvalue weighted by Gasteiger charge is 2.16. The first-order valence-corrected chi connectivity index (χ1v) is 8.78. The van der Waals surface area contributed by atoms with Crippen molar-refractivity contribution in [2.75, 3.05) is 31.2 Å². The molecule has 2 aromatic heterocycles. The molecule has 0 bridgehead atoms. The highest BCUT2D eigenvalue weighted by molar-refractivity contribution is 6.07. The van der Waals surface area contributed by atoms with E-state index in [-0.39, 0.29) is 0 Å². The van der Waals surface area contributed by atoms with E-state index in [0.717, 1.165) is 53.1 Å². The molecule has 4 rings (SSSR count). The summed E-state index contributed by atoms with van der Waals surface area (Å²) in [5.41, 5.74) is 9.52. The first-order chi connectivity index (χ1) is 12.7. The van der Waals surface area contributed by atoms with Crippen molar-refractivity contribution in [3.8, 4) is 11.3 Å². The van der Waals surface area contributed by atoms with Gasteiger partial charge in [0.25, 0.3) is 5.91 Å². The molecule has 3 aromatic rings. The molecule has 1 fully saturated rings. The van der Waals surface area contributed by atoms with E-state index < -0.39 is 5.91 Å². The molecule has 0 spiro atoms. The number of benzene rings is 1. The fourth-order valence-electron chi connectivity index (χ4n) is 3.36. The molecule has 134 valence electrons. The fraction of sp³-hybridized carbons (Fsp3) is 0.316. The molecule has 7 nitrogen and oxygen atoms in total. The summed E-state index contributed by atoms with van der Waals surface area (Å²) >= 11 is 0. The van der Waals surface area contributed by atoms with Crippen molar-refractivity contribution < 1.29 is 9.53 Å². The molecule has 0 unspecified atom stereocenters. The van der Waals surface area contributed by atoms with Gasteiger partial charge in [-0.25, -0.2) is 0 Å². The molecule has 1 saturated heterocycles. The maximum atomic E-state index is 11.9. The molecular formula is C19H21N5O2. The minimum absolute atomic E-state index is 0.459. The Hall–Kier alpha value is -2.93. The van der Waals surface area contributed by atoms with E-state index in [9.17, 15) is 4.79 Å². The van der Waals surface area contributed by atoms with Crippen LogP contribution in [0, 0.1) is 0 Å². The van der Waals surface area contributed by atoms with Crippen LogP contribution >= 0.6 is 0 Å². The molecule has 26 heavy (non-hydrogen) atoms. The SMILES string of the molecule is CCc1c[nH]c2c(C(N)=O)cc(-c3ccc(N4CCOCC4)nn3)cc12. The zero-order valence-corrected chi connectivity index (χ0v) is 14.7. The van der Waals surface area contributed by atoms with Gasteiger partial charge in [0.2, 0.25) is 0 Å². The Labute approximate surface area is 151 Å². The van der Waals surface area contributed by atoms with Gasteiger partial charge in [0.15, 0.2) is 5.82 Å². The number of ether oxygens (including phenoxy) is 1. The van der Waals surface area contributed by atoms with Crippen molar-refractivity contribution in [2.45, 2.75) is 13.3 Å². The first kappa shape index (κ1) is 16.5. The predicted octanol–water partition coefficient (Wildman–Crippen LogP) is 2.12. The van der Waals surface area contributed by atoms with Gasteiger partial charge in [0.05, 0.1) is 30.0 Å². The second-order valence-electron chi connectivity index (χ2n) is 6.35. The Kier molecular flexibility index (Phi) is 4.30. The Balaban J connectivity index is 1.74. The summed E-state index contributed by atoms with van der Waals surface area (Å²) in [6, 6.07) is 7.70. The topological polar surface area (TPSA) is 97.1 Å². The zero-order valence-electron chi connectivity index (χ0n) is 14.7. The Morgan fingerprint density at radius 2 is 2.08 bits per heavy atom. The van der Waals surface area contributed by atoms with E-state index in [0.29, 0.717) is 18.8 Å². The zero-order chi connectivity index (χ0) is 18.1. The van der Waals surface area contributed by atoms with Gasteiger partial charge in [-0.05, 0) is 36.2 Å². The Morgan fingerprint density at radius 1 is 1.27 bits per heavy atom. The maximum Gasteiger partial charge on any atom is 0.250 e. The number of morpholine rings is 1. The molecule has 1 aromatic carbocycles. The van der Waals surface area contributed by atoms with Crippen molar-refractivity contribution in [1.82, 2.24) is 15.2 Å². The van der Waals surface area contributed by atoms with E-state index in [1.807, 2.05) is 24.4 Å². The monoisotopic (exact) mass is 351 g/mol. The van der Waals surface area contributed by atoms with Crippen LogP contribution < -0.4 is 10.6 Å². The van der Waals surface area contributed by atoms with Crippen LogP contribution in [0.1, 0.15) is 22.8 Å². The number of fused-ring (bicyclic) bond motifs is 1. The van der Waals surface area contributed by atoms with E-state index in [1.54, 1.807) is 6.07 Å². The number of carbonyl (C=O) groups is 1.